The van der Waals surface area contributed by atoms with Gasteiger partial charge in [-0.3, -0.25) is 9.63 Å². The predicted octanol–water partition coefficient (Wildman–Crippen LogP) is 6.76. The van der Waals surface area contributed by atoms with E-state index in [1.54, 1.807) is 0 Å². The molecular weight excluding hydrogens is 459 g/mol. The fourth-order valence-electron chi connectivity index (χ4n) is 4.26. The molecule has 5 nitrogen and oxygen atoms in total. The summed E-state index contributed by atoms with van der Waals surface area (Å²) in [5, 5.41) is 3.24. The number of hydrogen-bond donors (Lipinski definition) is 0. The molecule has 0 spiro atoms. The van der Waals surface area contributed by atoms with Gasteiger partial charge in [-0.15, -0.1) is 0 Å². The van der Waals surface area contributed by atoms with Crippen molar-refractivity contribution >= 4 is 40.1 Å². The predicted molar refractivity (Wildman–Crippen MR) is 128 cm³/mol. The number of aromatic nitrogens is 1. The van der Waals surface area contributed by atoms with Crippen LogP contribution >= 0.6 is 23.2 Å². The number of nitrogens with zero attached hydrogens (tertiary/aromatic N) is 2. The monoisotopic (exact) mass is 480 g/mol. The van der Waals surface area contributed by atoms with Crippen molar-refractivity contribution in [2.24, 2.45) is 0 Å². The summed E-state index contributed by atoms with van der Waals surface area (Å²) in [7, 11) is 0. The molecule has 7 heteroatoms. The number of benzene rings is 3. The first-order valence-corrected chi connectivity index (χ1v) is 11.6. The Hall–Kier alpha value is -2.70. The third kappa shape index (κ3) is 4.97. The first-order chi connectivity index (χ1) is 16.1. The SMILES string of the molecule is O=C1CC(c2ccc(Cl)cc2)N(OCCc2nc3ccccc3o2)C(c2ccc(Cl)cc2)C1. The van der Waals surface area contributed by atoms with Crippen LogP contribution in [0.1, 0.15) is 41.9 Å². The maximum absolute atomic E-state index is 12.7. The number of carbonyl (C=O) groups is 1. The number of ketones is 1. The van der Waals surface area contributed by atoms with Crippen LogP contribution in [0, 0.1) is 0 Å². The minimum atomic E-state index is -0.229. The van der Waals surface area contributed by atoms with Gasteiger partial charge in [0.2, 0.25) is 0 Å². The maximum Gasteiger partial charge on any atom is 0.197 e. The van der Waals surface area contributed by atoms with Gasteiger partial charge < -0.3 is 4.42 Å². The summed E-state index contributed by atoms with van der Waals surface area (Å²) in [5.74, 6) is 0.809. The van der Waals surface area contributed by atoms with Crippen LogP contribution in [0.4, 0.5) is 0 Å². The molecule has 2 unspecified atom stereocenters. The normalized spacial score (nSPS) is 19.3. The van der Waals surface area contributed by atoms with Crippen LogP contribution in [0.5, 0.6) is 0 Å². The van der Waals surface area contributed by atoms with E-state index in [9.17, 15) is 4.79 Å². The van der Waals surface area contributed by atoms with Gasteiger partial charge in [-0.25, -0.2) is 4.98 Å². The lowest BCUT2D eigenvalue weighted by molar-refractivity contribution is -0.228. The molecule has 3 aromatic carbocycles. The van der Waals surface area contributed by atoms with Crippen molar-refractivity contribution in [2.75, 3.05) is 6.61 Å². The molecule has 0 saturated carbocycles. The third-order valence-electron chi connectivity index (χ3n) is 5.86. The molecule has 0 bridgehead atoms. The highest BCUT2D eigenvalue weighted by atomic mass is 35.5. The Bertz CT molecular complexity index is 1160. The molecule has 1 fully saturated rings. The molecule has 33 heavy (non-hydrogen) atoms. The van der Waals surface area contributed by atoms with Crippen LogP contribution in [0.3, 0.4) is 0 Å². The van der Waals surface area contributed by atoms with Crippen molar-refractivity contribution in [3.63, 3.8) is 0 Å². The molecule has 4 aromatic rings. The van der Waals surface area contributed by atoms with Crippen molar-refractivity contribution in [1.82, 2.24) is 10.0 Å². The number of Topliss-reactive ketones (excluding diaryl/α,β-unsaturated/α-hetero) is 1. The first-order valence-electron chi connectivity index (χ1n) is 10.8. The second kappa shape index (κ2) is 9.65. The smallest absolute Gasteiger partial charge is 0.197 e. The van der Waals surface area contributed by atoms with Crippen molar-refractivity contribution in [2.45, 2.75) is 31.3 Å². The second-order valence-electron chi connectivity index (χ2n) is 8.10. The molecule has 1 aliphatic rings. The van der Waals surface area contributed by atoms with E-state index in [-0.39, 0.29) is 17.9 Å². The number of piperidine rings is 1. The number of para-hydroxylation sites is 2. The second-order valence-corrected chi connectivity index (χ2v) is 8.97. The highest BCUT2D eigenvalue weighted by Gasteiger charge is 2.37. The van der Waals surface area contributed by atoms with E-state index in [0.29, 0.717) is 41.8 Å². The fraction of sp³-hybridized carbons (Fsp3) is 0.231. The Morgan fingerprint density at radius 2 is 1.45 bits per heavy atom. The molecule has 1 aliphatic heterocycles. The summed E-state index contributed by atoms with van der Waals surface area (Å²) < 4.78 is 5.83. The van der Waals surface area contributed by atoms with Gasteiger partial charge >= 0.3 is 0 Å². The molecule has 2 atom stereocenters. The summed E-state index contributed by atoms with van der Waals surface area (Å²) in [6, 6.07) is 22.4. The van der Waals surface area contributed by atoms with Gasteiger partial charge in [-0.2, -0.15) is 5.06 Å². The Labute approximate surface area is 201 Å². The molecule has 168 valence electrons. The summed E-state index contributed by atoms with van der Waals surface area (Å²) in [6.45, 7) is 0.370. The molecule has 1 aromatic heterocycles. The van der Waals surface area contributed by atoms with Crippen LogP contribution in [-0.4, -0.2) is 22.4 Å². The van der Waals surface area contributed by atoms with Gasteiger partial charge in [0.25, 0.3) is 0 Å². The molecule has 2 heterocycles. The third-order valence-corrected chi connectivity index (χ3v) is 6.36. The van der Waals surface area contributed by atoms with E-state index in [0.717, 1.165) is 22.2 Å². The van der Waals surface area contributed by atoms with Gasteiger partial charge in [-0.1, -0.05) is 59.6 Å². The number of hydroxylamine groups is 2. The molecule has 0 aliphatic carbocycles. The standard InChI is InChI=1S/C26H22Cl2N2O3/c27-19-9-5-17(6-10-19)23-15-21(31)16-24(18-7-11-20(28)12-8-18)30(23)32-14-13-26-29-22-3-1-2-4-25(22)33-26/h1-12,23-24H,13-16H2. The van der Waals surface area contributed by atoms with Crippen molar-refractivity contribution in [3.8, 4) is 0 Å². The Morgan fingerprint density at radius 3 is 2.03 bits per heavy atom. The van der Waals surface area contributed by atoms with Crippen LogP contribution in [0.15, 0.2) is 77.2 Å². The van der Waals surface area contributed by atoms with Gasteiger partial charge in [0.05, 0.1) is 18.7 Å². The van der Waals surface area contributed by atoms with E-state index >= 15 is 0 Å². The van der Waals surface area contributed by atoms with Gasteiger partial charge in [-0.05, 0) is 47.5 Å². The van der Waals surface area contributed by atoms with Crippen molar-refractivity contribution in [1.29, 1.82) is 0 Å². The fourth-order valence-corrected chi connectivity index (χ4v) is 4.51. The zero-order chi connectivity index (χ0) is 22.8. The lowest BCUT2D eigenvalue weighted by Gasteiger charge is -2.40. The van der Waals surface area contributed by atoms with Crippen molar-refractivity contribution in [3.05, 3.63) is 99.9 Å². The van der Waals surface area contributed by atoms with Crippen LogP contribution in [-0.2, 0) is 16.1 Å². The number of fused-ring (bicyclic) bond motifs is 1. The first kappa shape index (κ1) is 22.1. The Morgan fingerprint density at radius 1 is 0.879 bits per heavy atom. The number of oxazole rings is 1. The summed E-state index contributed by atoms with van der Waals surface area (Å²) >= 11 is 12.2. The number of hydrogen-bond acceptors (Lipinski definition) is 5. The lowest BCUT2D eigenvalue weighted by Crippen LogP contribution is -2.40. The van der Waals surface area contributed by atoms with E-state index in [4.69, 9.17) is 32.5 Å². The molecule has 1 saturated heterocycles. The number of rotatable bonds is 6. The quantitative estimate of drug-likeness (QED) is 0.305. The van der Waals surface area contributed by atoms with E-state index in [1.807, 2.05) is 77.9 Å². The highest BCUT2D eigenvalue weighted by molar-refractivity contribution is 6.30. The molecule has 0 amide bonds. The zero-order valence-corrected chi connectivity index (χ0v) is 19.3. The molecule has 0 N–H and O–H groups in total. The van der Waals surface area contributed by atoms with Gasteiger partial charge in [0.1, 0.15) is 11.3 Å². The average molecular weight is 481 g/mol. The van der Waals surface area contributed by atoms with Crippen LogP contribution in [0.25, 0.3) is 11.1 Å². The Balaban J connectivity index is 1.41. The summed E-state index contributed by atoms with van der Waals surface area (Å²) in [5.41, 5.74) is 3.55. The largest absolute Gasteiger partial charge is 0.441 e. The summed E-state index contributed by atoms with van der Waals surface area (Å²) in [6.07, 6.45) is 1.25. The highest BCUT2D eigenvalue weighted by Crippen LogP contribution is 2.41. The van der Waals surface area contributed by atoms with Crippen molar-refractivity contribution < 1.29 is 14.0 Å². The number of carbonyl (C=O) groups excluding carboxylic acids is 1. The van der Waals surface area contributed by atoms with Gasteiger partial charge in [0, 0.05) is 29.3 Å². The van der Waals surface area contributed by atoms with E-state index in [1.165, 1.54) is 0 Å². The average Bonchev–Trinajstić information content (AvgIpc) is 3.23. The molecule has 0 radical (unpaired) electrons. The van der Waals surface area contributed by atoms with Gasteiger partial charge in [0.15, 0.2) is 11.5 Å². The Kier molecular flexibility index (Phi) is 6.47. The van der Waals surface area contributed by atoms with E-state index < -0.39 is 0 Å². The zero-order valence-electron chi connectivity index (χ0n) is 17.8. The minimum Gasteiger partial charge on any atom is -0.441 e. The van der Waals surface area contributed by atoms with E-state index in [2.05, 4.69) is 4.98 Å². The minimum absolute atomic E-state index is 0.189. The molecular formula is C26H22Cl2N2O3. The summed E-state index contributed by atoms with van der Waals surface area (Å²) in [4.78, 5) is 23.6. The number of halogens is 2. The maximum atomic E-state index is 12.7. The lowest BCUT2D eigenvalue weighted by atomic mass is 9.88. The molecule has 5 rings (SSSR count). The van der Waals surface area contributed by atoms with Crippen LogP contribution < -0.4 is 0 Å². The topological polar surface area (TPSA) is 55.6 Å². The van der Waals surface area contributed by atoms with Crippen LogP contribution in [0.2, 0.25) is 10.0 Å².